The predicted octanol–water partition coefficient (Wildman–Crippen LogP) is 1.98. The molecule has 2 aromatic rings. The molecule has 0 saturated carbocycles. The van der Waals surface area contributed by atoms with Crippen LogP contribution in [0.5, 0.6) is 5.75 Å². The SMILES string of the molecule is COC(C)COc1cn(-c2ccccc2)nc1C(=O)O. The van der Waals surface area contributed by atoms with E-state index in [2.05, 4.69) is 5.10 Å². The molecule has 0 aliphatic carbocycles. The van der Waals surface area contributed by atoms with E-state index in [9.17, 15) is 4.79 Å². The summed E-state index contributed by atoms with van der Waals surface area (Å²) in [4.78, 5) is 11.2. The van der Waals surface area contributed by atoms with Crippen molar-refractivity contribution in [1.82, 2.24) is 9.78 Å². The van der Waals surface area contributed by atoms with Gasteiger partial charge in [-0.2, -0.15) is 5.10 Å². The van der Waals surface area contributed by atoms with Crippen LogP contribution < -0.4 is 4.74 Å². The summed E-state index contributed by atoms with van der Waals surface area (Å²) in [6.07, 6.45) is 1.43. The van der Waals surface area contributed by atoms with E-state index in [-0.39, 0.29) is 24.2 Å². The van der Waals surface area contributed by atoms with Gasteiger partial charge < -0.3 is 14.6 Å². The summed E-state index contributed by atoms with van der Waals surface area (Å²) >= 11 is 0. The zero-order valence-electron chi connectivity index (χ0n) is 11.3. The molecule has 1 N–H and O–H groups in total. The van der Waals surface area contributed by atoms with Gasteiger partial charge in [0.15, 0.2) is 5.75 Å². The van der Waals surface area contributed by atoms with Crippen LogP contribution in [0.15, 0.2) is 36.5 Å². The normalized spacial score (nSPS) is 12.1. The molecule has 1 heterocycles. The second-order valence-corrected chi connectivity index (χ2v) is 4.28. The van der Waals surface area contributed by atoms with Crippen molar-refractivity contribution in [3.05, 3.63) is 42.2 Å². The lowest BCUT2D eigenvalue weighted by Crippen LogP contribution is -2.16. The summed E-state index contributed by atoms with van der Waals surface area (Å²) in [5.41, 5.74) is 0.654. The summed E-state index contributed by atoms with van der Waals surface area (Å²) < 4.78 is 12.0. The number of rotatable bonds is 6. The molecule has 6 nitrogen and oxygen atoms in total. The number of ether oxygens (including phenoxy) is 2. The van der Waals surface area contributed by atoms with Crippen molar-refractivity contribution in [2.45, 2.75) is 13.0 Å². The molecule has 0 spiro atoms. The van der Waals surface area contributed by atoms with Gasteiger partial charge in [0.25, 0.3) is 0 Å². The second kappa shape index (κ2) is 6.21. The van der Waals surface area contributed by atoms with E-state index in [0.29, 0.717) is 0 Å². The highest BCUT2D eigenvalue weighted by molar-refractivity contribution is 5.88. The maximum Gasteiger partial charge on any atom is 0.360 e. The highest BCUT2D eigenvalue weighted by Gasteiger charge is 2.18. The van der Waals surface area contributed by atoms with Gasteiger partial charge in [-0.3, -0.25) is 0 Å². The molecule has 1 aromatic heterocycles. The molecule has 1 aromatic carbocycles. The summed E-state index contributed by atoms with van der Waals surface area (Å²) in [5.74, 6) is -0.898. The average Bonchev–Trinajstić information content (AvgIpc) is 2.90. The smallest absolute Gasteiger partial charge is 0.360 e. The van der Waals surface area contributed by atoms with Gasteiger partial charge in [0, 0.05) is 7.11 Å². The number of carboxylic acids is 1. The van der Waals surface area contributed by atoms with Crippen LogP contribution in [0.4, 0.5) is 0 Å². The van der Waals surface area contributed by atoms with E-state index in [1.807, 2.05) is 37.3 Å². The van der Waals surface area contributed by atoms with Crippen molar-refractivity contribution < 1.29 is 19.4 Å². The number of benzene rings is 1. The fraction of sp³-hybridized carbons (Fsp3) is 0.286. The first-order valence-corrected chi connectivity index (χ1v) is 6.15. The number of carboxylic acid groups (broad SMARTS) is 1. The molecule has 0 saturated heterocycles. The minimum Gasteiger partial charge on any atom is -0.487 e. The monoisotopic (exact) mass is 276 g/mol. The number of para-hydroxylation sites is 1. The van der Waals surface area contributed by atoms with Crippen molar-refractivity contribution >= 4 is 5.97 Å². The first-order chi connectivity index (χ1) is 9.61. The molecule has 0 fully saturated rings. The van der Waals surface area contributed by atoms with Crippen molar-refractivity contribution in [3.8, 4) is 11.4 Å². The van der Waals surface area contributed by atoms with E-state index >= 15 is 0 Å². The van der Waals surface area contributed by atoms with Crippen LogP contribution in [-0.4, -0.2) is 40.7 Å². The number of aromatic nitrogens is 2. The predicted molar refractivity (Wildman–Crippen MR) is 72.5 cm³/mol. The van der Waals surface area contributed by atoms with Gasteiger partial charge in [-0.05, 0) is 19.1 Å². The van der Waals surface area contributed by atoms with Gasteiger partial charge in [0.05, 0.1) is 18.0 Å². The minimum absolute atomic E-state index is 0.114. The molecular formula is C14H16N2O4. The molecule has 0 aliphatic heterocycles. The van der Waals surface area contributed by atoms with E-state index in [4.69, 9.17) is 14.6 Å². The zero-order chi connectivity index (χ0) is 14.5. The summed E-state index contributed by atoms with van der Waals surface area (Å²) in [6.45, 7) is 2.10. The minimum atomic E-state index is -1.13. The van der Waals surface area contributed by atoms with Crippen LogP contribution in [-0.2, 0) is 4.74 Å². The molecule has 1 atom stereocenters. The highest BCUT2D eigenvalue weighted by atomic mass is 16.5. The molecule has 0 amide bonds. The fourth-order valence-electron chi connectivity index (χ4n) is 1.60. The van der Waals surface area contributed by atoms with Gasteiger partial charge in [-0.15, -0.1) is 0 Å². The Bertz CT molecular complexity index is 580. The quantitative estimate of drug-likeness (QED) is 0.873. The summed E-state index contributed by atoms with van der Waals surface area (Å²) in [6, 6.07) is 9.25. The van der Waals surface area contributed by atoms with Crippen LogP contribution in [0.1, 0.15) is 17.4 Å². The number of nitrogens with zero attached hydrogens (tertiary/aromatic N) is 2. The van der Waals surface area contributed by atoms with Crippen LogP contribution in [0.2, 0.25) is 0 Å². The standard InChI is InChI=1S/C14H16N2O4/c1-10(19-2)9-20-12-8-16(15-13(12)14(17)18)11-6-4-3-5-7-11/h3-8,10H,9H2,1-2H3,(H,17,18). The van der Waals surface area contributed by atoms with Crippen molar-refractivity contribution in [1.29, 1.82) is 0 Å². The Kier molecular flexibility index (Phi) is 4.37. The van der Waals surface area contributed by atoms with Crippen LogP contribution in [0.25, 0.3) is 5.69 Å². The van der Waals surface area contributed by atoms with Crippen LogP contribution in [0.3, 0.4) is 0 Å². The highest BCUT2D eigenvalue weighted by Crippen LogP contribution is 2.20. The third-order valence-electron chi connectivity index (χ3n) is 2.78. The molecule has 0 bridgehead atoms. The van der Waals surface area contributed by atoms with Crippen LogP contribution in [0, 0.1) is 0 Å². The van der Waals surface area contributed by atoms with Gasteiger partial charge in [0.2, 0.25) is 5.69 Å². The molecule has 2 rings (SSSR count). The Hall–Kier alpha value is -2.34. The van der Waals surface area contributed by atoms with E-state index in [0.717, 1.165) is 5.69 Å². The fourth-order valence-corrected chi connectivity index (χ4v) is 1.60. The largest absolute Gasteiger partial charge is 0.487 e. The Morgan fingerprint density at radius 1 is 1.40 bits per heavy atom. The maximum absolute atomic E-state index is 11.2. The van der Waals surface area contributed by atoms with E-state index in [1.54, 1.807) is 13.3 Å². The first-order valence-electron chi connectivity index (χ1n) is 6.15. The molecule has 106 valence electrons. The van der Waals surface area contributed by atoms with Gasteiger partial charge >= 0.3 is 5.97 Å². The average molecular weight is 276 g/mol. The Balaban J connectivity index is 2.27. The van der Waals surface area contributed by atoms with Gasteiger partial charge in [-0.1, -0.05) is 18.2 Å². The molecule has 6 heteroatoms. The molecular weight excluding hydrogens is 260 g/mol. The third kappa shape index (κ3) is 3.16. The molecule has 0 radical (unpaired) electrons. The lowest BCUT2D eigenvalue weighted by atomic mass is 10.3. The lowest BCUT2D eigenvalue weighted by molar-refractivity contribution is 0.0642. The number of aromatic carboxylic acids is 1. The molecule has 20 heavy (non-hydrogen) atoms. The molecule has 0 aliphatic rings. The summed E-state index contributed by atoms with van der Waals surface area (Å²) in [7, 11) is 1.57. The third-order valence-corrected chi connectivity index (χ3v) is 2.78. The molecule has 1 unspecified atom stereocenters. The summed E-state index contributed by atoms with van der Waals surface area (Å²) in [5, 5.41) is 13.2. The first kappa shape index (κ1) is 14.1. The van der Waals surface area contributed by atoms with Crippen molar-refractivity contribution in [2.24, 2.45) is 0 Å². The van der Waals surface area contributed by atoms with Crippen LogP contribution >= 0.6 is 0 Å². The van der Waals surface area contributed by atoms with Crippen molar-refractivity contribution in [3.63, 3.8) is 0 Å². The second-order valence-electron chi connectivity index (χ2n) is 4.28. The Morgan fingerprint density at radius 2 is 2.10 bits per heavy atom. The van der Waals surface area contributed by atoms with E-state index < -0.39 is 5.97 Å². The lowest BCUT2D eigenvalue weighted by Gasteiger charge is -2.09. The van der Waals surface area contributed by atoms with Gasteiger partial charge in [-0.25, -0.2) is 9.48 Å². The van der Waals surface area contributed by atoms with Gasteiger partial charge in [0.1, 0.15) is 6.61 Å². The van der Waals surface area contributed by atoms with Crippen molar-refractivity contribution in [2.75, 3.05) is 13.7 Å². The number of hydrogen-bond donors (Lipinski definition) is 1. The maximum atomic E-state index is 11.2. The number of methoxy groups -OCH3 is 1. The Labute approximate surface area is 116 Å². The Morgan fingerprint density at radius 3 is 2.70 bits per heavy atom. The van der Waals surface area contributed by atoms with E-state index in [1.165, 1.54) is 4.68 Å². The number of hydrogen-bond acceptors (Lipinski definition) is 4. The zero-order valence-corrected chi connectivity index (χ0v) is 11.3. The number of carbonyl (C=O) groups is 1. The topological polar surface area (TPSA) is 73.6 Å².